The maximum absolute atomic E-state index is 14.0. The van der Waals surface area contributed by atoms with Crippen LogP contribution in [0.4, 0.5) is 14.9 Å². The van der Waals surface area contributed by atoms with Crippen molar-refractivity contribution in [2.24, 2.45) is 0 Å². The summed E-state index contributed by atoms with van der Waals surface area (Å²) in [5, 5.41) is 3.07. The number of anilines is 1. The molecule has 6 nitrogen and oxygen atoms in total. The zero-order valence-corrected chi connectivity index (χ0v) is 15.4. The molecule has 1 saturated heterocycles. The number of fused-ring (bicyclic) bond motifs is 1. The first-order valence-corrected chi connectivity index (χ1v) is 9.15. The molecular formula is C20H23FN4O2. The fraction of sp³-hybridized carbons (Fsp3) is 0.400. The molecule has 2 amide bonds. The summed E-state index contributed by atoms with van der Waals surface area (Å²) in [6.07, 6.45) is 3.70. The van der Waals surface area contributed by atoms with E-state index in [2.05, 4.69) is 15.2 Å². The van der Waals surface area contributed by atoms with Gasteiger partial charge in [0.15, 0.2) is 5.82 Å². The molecule has 1 N–H and O–H groups in total. The monoisotopic (exact) mass is 370 g/mol. The number of benzene rings is 1. The quantitative estimate of drug-likeness (QED) is 0.899. The lowest BCUT2D eigenvalue weighted by molar-refractivity contribution is 0.186. The molecule has 0 spiro atoms. The van der Waals surface area contributed by atoms with E-state index in [1.54, 1.807) is 19.4 Å². The Morgan fingerprint density at radius 1 is 1.33 bits per heavy atom. The number of hydrogen-bond donors (Lipinski definition) is 1. The van der Waals surface area contributed by atoms with Crippen LogP contribution in [0.3, 0.4) is 0 Å². The smallest absolute Gasteiger partial charge is 0.318 e. The molecule has 1 aromatic heterocycles. The number of piperazine rings is 1. The normalized spacial score (nSPS) is 22.0. The van der Waals surface area contributed by atoms with Crippen LogP contribution >= 0.6 is 0 Å². The topological polar surface area (TPSA) is 57.7 Å². The number of rotatable bonds is 4. The van der Waals surface area contributed by atoms with Gasteiger partial charge in [-0.1, -0.05) is 12.1 Å². The fourth-order valence-corrected chi connectivity index (χ4v) is 3.80. The number of carbonyl (C=O) groups is 1. The molecule has 3 atom stereocenters. The first-order valence-electron chi connectivity index (χ1n) is 9.15. The molecule has 1 saturated carbocycles. The number of nitrogens with one attached hydrogen (secondary N) is 1. The third kappa shape index (κ3) is 3.41. The average Bonchev–Trinajstić information content (AvgIpc) is 3.48. The lowest BCUT2D eigenvalue weighted by Crippen LogP contribution is -2.52. The summed E-state index contributed by atoms with van der Waals surface area (Å²) in [4.78, 5) is 20.5. The van der Waals surface area contributed by atoms with Crippen LogP contribution in [-0.2, 0) is 0 Å². The van der Waals surface area contributed by atoms with Crippen LogP contribution in [0.25, 0.3) is 0 Å². The van der Waals surface area contributed by atoms with Gasteiger partial charge in [-0.15, -0.1) is 0 Å². The zero-order chi connectivity index (χ0) is 19.0. The van der Waals surface area contributed by atoms with Crippen LogP contribution in [0.2, 0.25) is 0 Å². The van der Waals surface area contributed by atoms with Crippen molar-refractivity contribution in [3.63, 3.8) is 0 Å². The van der Waals surface area contributed by atoms with Crippen molar-refractivity contribution < 1.29 is 13.9 Å². The van der Waals surface area contributed by atoms with E-state index < -0.39 is 0 Å². The van der Waals surface area contributed by atoms with E-state index >= 15 is 0 Å². The summed E-state index contributed by atoms with van der Waals surface area (Å²) in [5.41, 5.74) is 1.56. The molecule has 1 aromatic carbocycles. The van der Waals surface area contributed by atoms with Crippen LogP contribution < -0.4 is 15.0 Å². The molecule has 1 aliphatic carbocycles. The summed E-state index contributed by atoms with van der Waals surface area (Å²) >= 11 is 0. The predicted molar refractivity (Wildman–Crippen MR) is 100 cm³/mol. The van der Waals surface area contributed by atoms with E-state index in [0.717, 1.165) is 17.7 Å². The van der Waals surface area contributed by atoms with Crippen LogP contribution in [0, 0.1) is 5.82 Å². The van der Waals surface area contributed by atoms with Gasteiger partial charge in [0.2, 0.25) is 0 Å². The summed E-state index contributed by atoms with van der Waals surface area (Å²) in [7, 11) is 1.63. The van der Waals surface area contributed by atoms with Crippen molar-refractivity contribution in [2.75, 3.05) is 25.1 Å². The van der Waals surface area contributed by atoms with Crippen LogP contribution in [-0.4, -0.2) is 48.2 Å². The number of pyridine rings is 1. The Hall–Kier alpha value is -2.83. The number of methoxy groups -OCH3 is 1. The van der Waals surface area contributed by atoms with Gasteiger partial charge in [0.25, 0.3) is 0 Å². The minimum absolute atomic E-state index is 0.0762. The molecule has 2 aliphatic rings. The number of aromatic nitrogens is 1. The molecule has 27 heavy (non-hydrogen) atoms. The maximum atomic E-state index is 14.0. The maximum Gasteiger partial charge on any atom is 0.318 e. The van der Waals surface area contributed by atoms with E-state index in [1.165, 1.54) is 6.20 Å². The van der Waals surface area contributed by atoms with Gasteiger partial charge < -0.3 is 19.9 Å². The average molecular weight is 370 g/mol. The van der Waals surface area contributed by atoms with Gasteiger partial charge in [-0.2, -0.15) is 0 Å². The molecule has 142 valence electrons. The Morgan fingerprint density at radius 3 is 2.96 bits per heavy atom. The molecule has 1 aliphatic heterocycles. The molecule has 0 unspecified atom stereocenters. The third-order valence-electron chi connectivity index (χ3n) is 5.36. The van der Waals surface area contributed by atoms with E-state index in [1.807, 2.05) is 36.1 Å². The Morgan fingerprint density at radius 2 is 2.19 bits per heavy atom. The van der Waals surface area contributed by atoms with Gasteiger partial charge in [0.05, 0.1) is 37.1 Å². The molecule has 0 bridgehead atoms. The SMILES string of the molecule is COc1cccc([C@@H](C)NC(=O)N2CCN(c3ccncc3F)[C@H]3C[C@H]32)c1. The van der Waals surface area contributed by atoms with Crippen molar-refractivity contribution in [1.29, 1.82) is 0 Å². The molecule has 2 aromatic rings. The largest absolute Gasteiger partial charge is 0.497 e. The van der Waals surface area contributed by atoms with Gasteiger partial charge in [0, 0.05) is 19.3 Å². The molecule has 4 rings (SSSR count). The highest BCUT2D eigenvalue weighted by Gasteiger charge is 2.51. The molecular weight excluding hydrogens is 347 g/mol. The third-order valence-corrected chi connectivity index (χ3v) is 5.36. The van der Waals surface area contributed by atoms with E-state index in [4.69, 9.17) is 4.74 Å². The number of carbonyl (C=O) groups excluding carboxylic acids is 1. The Kier molecular flexibility index (Phi) is 4.59. The second-order valence-corrected chi connectivity index (χ2v) is 7.03. The number of hydrogen-bond acceptors (Lipinski definition) is 4. The highest BCUT2D eigenvalue weighted by molar-refractivity contribution is 5.76. The van der Waals surface area contributed by atoms with Gasteiger partial charge in [-0.3, -0.25) is 4.98 Å². The molecule has 7 heteroatoms. The van der Waals surface area contributed by atoms with Crippen molar-refractivity contribution in [3.05, 3.63) is 54.1 Å². The fourth-order valence-electron chi connectivity index (χ4n) is 3.80. The minimum atomic E-state index is -0.312. The van der Waals surface area contributed by atoms with Crippen molar-refractivity contribution in [2.45, 2.75) is 31.5 Å². The Balaban J connectivity index is 1.39. The van der Waals surface area contributed by atoms with Crippen LogP contribution in [0.1, 0.15) is 24.9 Å². The molecule has 2 heterocycles. The lowest BCUT2D eigenvalue weighted by Gasteiger charge is -2.36. The lowest BCUT2D eigenvalue weighted by atomic mass is 10.1. The second-order valence-electron chi connectivity index (χ2n) is 7.03. The van der Waals surface area contributed by atoms with Gasteiger partial charge >= 0.3 is 6.03 Å². The predicted octanol–water partition coefficient (Wildman–Crippen LogP) is 2.96. The summed E-state index contributed by atoms with van der Waals surface area (Å²) in [6.45, 7) is 3.14. The zero-order valence-electron chi connectivity index (χ0n) is 15.4. The molecule has 0 radical (unpaired) electrons. The van der Waals surface area contributed by atoms with E-state index in [9.17, 15) is 9.18 Å². The van der Waals surface area contributed by atoms with Gasteiger partial charge in [-0.05, 0) is 37.1 Å². The number of halogens is 1. The molecule has 2 fully saturated rings. The first kappa shape index (κ1) is 17.6. The number of ether oxygens (including phenoxy) is 1. The number of urea groups is 1. The van der Waals surface area contributed by atoms with E-state index in [-0.39, 0.29) is 30.0 Å². The van der Waals surface area contributed by atoms with Crippen molar-refractivity contribution in [3.8, 4) is 5.75 Å². The van der Waals surface area contributed by atoms with Crippen molar-refractivity contribution >= 4 is 11.7 Å². The van der Waals surface area contributed by atoms with Gasteiger partial charge in [-0.25, -0.2) is 9.18 Å². The Bertz CT molecular complexity index is 846. The minimum Gasteiger partial charge on any atom is -0.497 e. The van der Waals surface area contributed by atoms with Crippen LogP contribution in [0.15, 0.2) is 42.7 Å². The van der Waals surface area contributed by atoms with Crippen molar-refractivity contribution in [1.82, 2.24) is 15.2 Å². The highest BCUT2D eigenvalue weighted by atomic mass is 19.1. The number of nitrogens with zero attached hydrogens (tertiary/aromatic N) is 3. The first-order chi connectivity index (χ1) is 13.1. The van der Waals surface area contributed by atoms with E-state index in [0.29, 0.717) is 18.8 Å². The standard InChI is InChI=1S/C20H23FN4O2/c1-13(14-4-3-5-15(10-14)27-2)23-20(26)25-9-8-24(18-11-19(18)25)17-6-7-22-12-16(17)21/h3-7,10,12-13,18-19H,8-9,11H2,1-2H3,(H,23,26)/t13-,18+,19-/m1/s1. The Labute approximate surface area is 157 Å². The summed E-state index contributed by atoms with van der Waals surface area (Å²) in [6, 6.07) is 9.49. The van der Waals surface area contributed by atoms with Crippen LogP contribution in [0.5, 0.6) is 5.75 Å². The summed E-state index contributed by atoms with van der Waals surface area (Å²) < 4.78 is 19.3. The highest BCUT2D eigenvalue weighted by Crippen LogP contribution is 2.40. The number of amides is 2. The van der Waals surface area contributed by atoms with Gasteiger partial charge in [0.1, 0.15) is 5.75 Å². The summed E-state index contributed by atoms with van der Waals surface area (Å²) in [5.74, 6) is 0.455. The second kappa shape index (κ2) is 7.06.